The molecule has 1 amide bonds. The molecular formula is C15H27ClN2O4. The number of rotatable bonds is 4. The first-order valence-corrected chi connectivity index (χ1v) is 8.53. The number of halogens is 1. The molecule has 0 radical (unpaired) electrons. The second-order valence-corrected chi connectivity index (χ2v) is 7.20. The van der Waals surface area contributed by atoms with Crippen molar-refractivity contribution >= 4 is 17.5 Å². The zero-order valence-corrected chi connectivity index (χ0v) is 13.5. The number of aliphatic hydroxyl groups excluding tert-OH is 3. The number of piperidine rings is 1. The zero-order chi connectivity index (χ0) is 16.3. The summed E-state index contributed by atoms with van der Waals surface area (Å²) in [7, 11) is 0. The van der Waals surface area contributed by atoms with Crippen molar-refractivity contribution in [1.82, 2.24) is 4.90 Å². The third-order valence-electron chi connectivity index (χ3n) is 5.15. The molecule has 0 aromatic rings. The van der Waals surface area contributed by atoms with Crippen LogP contribution in [0.3, 0.4) is 0 Å². The second-order valence-electron chi connectivity index (χ2n) is 6.58. The SMILES string of the molecule is N[C@H](C1CCN(C(=O)[C@H](O)CO)CC1)C1CC(Cl)CCC1O. The van der Waals surface area contributed by atoms with E-state index in [1.807, 2.05) is 0 Å². The monoisotopic (exact) mass is 334 g/mol. The van der Waals surface area contributed by atoms with Gasteiger partial charge in [-0.15, -0.1) is 11.6 Å². The van der Waals surface area contributed by atoms with Crippen molar-refractivity contribution in [2.75, 3.05) is 19.7 Å². The molecule has 1 aliphatic heterocycles. The molecule has 1 heterocycles. The molecule has 0 spiro atoms. The molecule has 5 N–H and O–H groups in total. The highest BCUT2D eigenvalue weighted by Crippen LogP contribution is 2.34. The average Bonchev–Trinajstić information content (AvgIpc) is 2.55. The fourth-order valence-corrected chi connectivity index (χ4v) is 4.02. The first kappa shape index (κ1) is 17.9. The summed E-state index contributed by atoms with van der Waals surface area (Å²) >= 11 is 6.20. The summed E-state index contributed by atoms with van der Waals surface area (Å²) in [6.45, 7) is 0.506. The maximum absolute atomic E-state index is 11.8. The Morgan fingerprint density at radius 3 is 2.50 bits per heavy atom. The topological polar surface area (TPSA) is 107 Å². The molecule has 1 saturated heterocycles. The van der Waals surface area contributed by atoms with Crippen LogP contribution in [0.4, 0.5) is 0 Å². The predicted molar refractivity (Wildman–Crippen MR) is 83.4 cm³/mol. The van der Waals surface area contributed by atoms with Gasteiger partial charge in [-0.25, -0.2) is 0 Å². The largest absolute Gasteiger partial charge is 0.393 e. The fraction of sp³-hybridized carbons (Fsp3) is 0.933. The first-order chi connectivity index (χ1) is 10.4. The van der Waals surface area contributed by atoms with Gasteiger partial charge in [-0.1, -0.05) is 0 Å². The standard InChI is InChI=1S/C15H27ClN2O4/c16-10-1-2-12(20)11(7-10)14(17)9-3-5-18(6-4-9)15(22)13(21)8-19/h9-14,19-21H,1-8,17H2/t10?,11?,12?,13-,14-/m1/s1. The normalized spacial score (nSPS) is 33.5. The van der Waals surface area contributed by atoms with E-state index in [0.29, 0.717) is 19.5 Å². The lowest BCUT2D eigenvalue weighted by Gasteiger charge is -2.41. The van der Waals surface area contributed by atoms with E-state index in [9.17, 15) is 15.0 Å². The fourth-order valence-electron chi connectivity index (χ4n) is 3.69. The third-order valence-corrected chi connectivity index (χ3v) is 5.54. The molecule has 2 fully saturated rings. The number of carbonyl (C=O) groups excluding carboxylic acids is 1. The number of aliphatic hydroxyl groups is 3. The molecule has 2 rings (SSSR count). The minimum atomic E-state index is -1.33. The highest BCUT2D eigenvalue weighted by Gasteiger charge is 2.38. The Kier molecular flexibility index (Phi) is 6.46. The molecule has 128 valence electrons. The average molecular weight is 335 g/mol. The third kappa shape index (κ3) is 4.11. The van der Waals surface area contributed by atoms with E-state index in [-0.39, 0.29) is 29.4 Å². The van der Waals surface area contributed by atoms with Gasteiger partial charge in [-0.2, -0.15) is 0 Å². The summed E-state index contributed by atoms with van der Waals surface area (Å²) in [6, 6.07) is -0.114. The summed E-state index contributed by atoms with van der Waals surface area (Å²) in [6.07, 6.45) is 2.06. The Balaban J connectivity index is 1.86. The predicted octanol–water partition coefficient (Wildman–Crippen LogP) is -0.326. The number of hydrogen-bond acceptors (Lipinski definition) is 5. The van der Waals surface area contributed by atoms with Crippen LogP contribution in [0.1, 0.15) is 32.1 Å². The highest BCUT2D eigenvalue weighted by molar-refractivity contribution is 6.20. The molecule has 2 aliphatic rings. The van der Waals surface area contributed by atoms with Gasteiger partial charge in [-0.05, 0) is 38.0 Å². The molecular weight excluding hydrogens is 308 g/mol. The smallest absolute Gasteiger partial charge is 0.253 e. The van der Waals surface area contributed by atoms with Crippen molar-refractivity contribution in [2.24, 2.45) is 17.6 Å². The molecule has 0 aromatic heterocycles. The van der Waals surface area contributed by atoms with Crippen LogP contribution in [-0.2, 0) is 4.79 Å². The van der Waals surface area contributed by atoms with Crippen molar-refractivity contribution in [1.29, 1.82) is 0 Å². The van der Waals surface area contributed by atoms with Crippen molar-refractivity contribution in [2.45, 2.75) is 55.7 Å². The van der Waals surface area contributed by atoms with Crippen LogP contribution < -0.4 is 5.73 Å². The molecule has 22 heavy (non-hydrogen) atoms. The van der Waals surface area contributed by atoms with E-state index in [0.717, 1.165) is 25.7 Å². The van der Waals surface area contributed by atoms with Crippen LogP contribution in [0.25, 0.3) is 0 Å². The Labute approximate surface area is 136 Å². The maximum Gasteiger partial charge on any atom is 0.253 e. The first-order valence-electron chi connectivity index (χ1n) is 8.09. The Morgan fingerprint density at radius 2 is 1.91 bits per heavy atom. The minimum Gasteiger partial charge on any atom is -0.393 e. The number of alkyl halides is 1. The van der Waals surface area contributed by atoms with E-state index in [2.05, 4.69) is 0 Å². The van der Waals surface area contributed by atoms with E-state index >= 15 is 0 Å². The zero-order valence-electron chi connectivity index (χ0n) is 12.8. The number of nitrogens with zero attached hydrogens (tertiary/aromatic N) is 1. The van der Waals surface area contributed by atoms with Gasteiger partial charge in [0, 0.05) is 30.4 Å². The number of amides is 1. The van der Waals surface area contributed by atoms with E-state index in [1.54, 1.807) is 4.90 Å². The van der Waals surface area contributed by atoms with Gasteiger partial charge in [0.25, 0.3) is 5.91 Å². The lowest BCUT2D eigenvalue weighted by Crippen LogP contribution is -2.51. The summed E-state index contributed by atoms with van der Waals surface area (Å²) in [5.74, 6) is -0.156. The number of likely N-dealkylation sites (tertiary alicyclic amines) is 1. The van der Waals surface area contributed by atoms with Gasteiger partial charge in [0.2, 0.25) is 0 Å². The van der Waals surface area contributed by atoms with E-state index in [4.69, 9.17) is 22.4 Å². The summed E-state index contributed by atoms with van der Waals surface area (Å²) in [5, 5.41) is 28.5. The summed E-state index contributed by atoms with van der Waals surface area (Å²) in [5.41, 5.74) is 6.37. The van der Waals surface area contributed by atoms with E-state index < -0.39 is 18.6 Å². The Morgan fingerprint density at radius 1 is 1.27 bits per heavy atom. The van der Waals surface area contributed by atoms with Gasteiger partial charge >= 0.3 is 0 Å². The van der Waals surface area contributed by atoms with Crippen LogP contribution in [-0.4, -0.2) is 69.4 Å². The van der Waals surface area contributed by atoms with Gasteiger partial charge in [0.15, 0.2) is 6.10 Å². The second kappa shape index (κ2) is 7.93. The van der Waals surface area contributed by atoms with Crippen LogP contribution in [0.2, 0.25) is 0 Å². The van der Waals surface area contributed by atoms with Gasteiger partial charge in [0.1, 0.15) is 0 Å². The Hall–Kier alpha value is -0.400. The molecule has 1 saturated carbocycles. The number of nitrogens with two attached hydrogens (primary N) is 1. The maximum atomic E-state index is 11.8. The summed E-state index contributed by atoms with van der Waals surface area (Å²) < 4.78 is 0. The molecule has 0 bridgehead atoms. The summed E-state index contributed by atoms with van der Waals surface area (Å²) in [4.78, 5) is 13.4. The lowest BCUT2D eigenvalue weighted by atomic mass is 9.74. The van der Waals surface area contributed by atoms with Crippen molar-refractivity contribution in [3.8, 4) is 0 Å². The molecule has 6 nitrogen and oxygen atoms in total. The van der Waals surface area contributed by atoms with Gasteiger partial charge in [0.05, 0.1) is 12.7 Å². The van der Waals surface area contributed by atoms with Crippen molar-refractivity contribution in [3.63, 3.8) is 0 Å². The van der Waals surface area contributed by atoms with Crippen LogP contribution in [0.15, 0.2) is 0 Å². The molecule has 0 aromatic carbocycles. The number of carbonyl (C=O) groups is 1. The molecule has 5 atom stereocenters. The minimum absolute atomic E-state index is 0.0199. The molecule has 1 aliphatic carbocycles. The lowest BCUT2D eigenvalue weighted by molar-refractivity contribution is -0.143. The van der Waals surface area contributed by atoms with Crippen LogP contribution in [0.5, 0.6) is 0 Å². The van der Waals surface area contributed by atoms with Crippen LogP contribution >= 0.6 is 11.6 Å². The van der Waals surface area contributed by atoms with E-state index in [1.165, 1.54) is 0 Å². The molecule has 7 heteroatoms. The number of hydrogen-bond donors (Lipinski definition) is 4. The Bertz CT molecular complexity index is 377. The van der Waals surface area contributed by atoms with Gasteiger partial charge in [-0.3, -0.25) is 4.79 Å². The van der Waals surface area contributed by atoms with Crippen molar-refractivity contribution in [3.05, 3.63) is 0 Å². The quantitative estimate of drug-likeness (QED) is 0.527. The van der Waals surface area contributed by atoms with Gasteiger partial charge < -0.3 is 26.0 Å². The highest BCUT2D eigenvalue weighted by atomic mass is 35.5. The van der Waals surface area contributed by atoms with Crippen molar-refractivity contribution < 1.29 is 20.1 Å². The van der Waals surface area contributed by atoms with Crippen LogP contribution in [0, 0.1) is 11.8 Å². The molecule has 3 unspecified atom stereocenters.